The molecule has 174 valence electrons. The Morgan fingerprint density at radius 1 is 1.28 bits per heavy atom. The maximum absolute atomic E-state index is 14.3. The molecule has 0 spiro atoms. The average Bonchev–Trinajstić information content (AvgIpc) is 2.75. The number of fused-ring (bicyclic) bond motifs is 1. The molecule has 11 heteroatoms. The number of carbonyl (C=O) groups excluding carboxylic acids is 1. The van der Waals surface area contributed by atoms with E-state index >= 15 is 0 Å². The molecule has 1 aliphatic rings. The molecule has 0 bridgehead atoms. The fraction of sp³-hybridized carbons (Fsp3) is 0.476. The van der Waals surface area contributed by atoms with E-state index < -0.39 is 35.3 Å². The summed E-state index contributed by atoms with van der Waals surface area (Å²) in [5.74, 6) is -1.65. The fourth-order valence-electron chi connectivity index (χ4n) is 4.03. The van der Waals surface area contributed by atoms with Gasteiger partial charge in [-0.3, -0.25) is 10.3 Å². The molecule has 1 amide bonds. The first-order valence-corrected chi connectivity index (χ1v) is 11.7. The zero-order valence-corrected chi connectivity index (χ0v) is 20.0. The molecule has 0 saturated heterocycles. The molecule has 3 heterocycles. The highest BCUT2D eigenvalue weighted by Gasteiger charge is 2.38. The van der Waals surface area contributed by atoms with Crippen LogP contribution in [0.2, 0.25) is 0 Å². The second-order valence-corrected chi connectivity index (χ2v) is 8.77. The first-order chi connectivity index (χ1) is 15.1. The van der Waals surface area contributed by atoms with Crippen molar-refractivity contribution in [1.29, 1.82) is 0 Å². The summed E-state index contributed by atoms with van der Waals surface area (Å²) in [7, 11) is 4.53. The largest absolute Gasteiger partial charge is 0.437 e. The van der Waals surface area contributed by atoms with Crippen LogP contribution < -0.4 is 5.32 Å². The molecule has 0 fully saturated rings. The van der Waals surface area contributed by atoms with E-state index in [0.717, 1.165) is 18.6 Å². The lowest BCUT2D eigenvalue weighted by molar-refractivity contribution is -0.137. The molecule has 5 unspecified atom stereocenters. The Morgan fingerprint density at radius 3 is 2.56 bits per heavy atom. The van der Waals surface area contributed by atoms with Gasteiger partial charge in [-0.25, -0.2) is 14.2 Å². The first kappa shape index (κ1) is 24.8. The summed E-state index contributed by atoms with van der Waals surface area (Å²) < 4.78 is 60.9. The van der Waals surface area contributed by atoms with Crippen LogP contribution in [0.25, 0.3) is 11.3 Å². The average molecular weight is 489 g/mol. The number of alkyl halides is 4. The van der Waals surface area contributed by atoms with Crippen LogP contribution in [0.3, 0.4) is 0 Å². The minimum atomic E-state index is -4.60. The van der Waals surface area contributed by atoms with Gasteiger partial charge < -0.3 is 4.74 Å². The molecule has 2 aromatic heterocycles. The summed E-state index contributed by atoms with van der Waals surface area (Å²) in [6.07, 6.45) is -2.91. The number of nitrogens with zero attached hydrogens (tertiary/aromatic N) is 2. The number of cyclic esters (lactones) is 1. The van der Waals surface area contributed by atoms with Crippen molar-refractivity contribution in [3.05, 3.63) is 41.2 Å². The van der Waals surface area contributed by atoms with Crippen molar-refractivity contribution in [2.24, 2.45) is 0 Å². The summed E-state index contributed by atoms with van der Waals surface area (Å²) in [5.41, 5.74) is -0.673. The van der Waals surface area contributed by atoms with Crippen LogP contribution in [0.1, 0.15) is 56.0 Å². The third kappa shape index (κ3) is 4.74. The van der Waals surface area contributed by atoms with Gasteiger partial charge in [0.1, 0.15) is 5.82 Å². The van der Waals surface area contributed by atoms with Gasteiger partial charge in [0.05, 0.1) is 11.3 Å². The number of aromatic nitrogens is 2. The number of carbonyl (C=O) groups is 1. The summed E-state index contributed by atoms with van der Waals surface area (Å²) in [6, 6.07) is 3.50. The lowest BCUT2D eigenvalue weighted by Crippen LogP contribution is -2.30. The smallest absolute Gasteiger partial charge is 0.416 e. The molecule has 3 rings (SSSR count). The molecule has 2 aromatic rings. The van der Waals surface area contributed by atoms with Crippen LogP contribution >= 0.6 is 18.5 Å². The highest BCUT2D eigenvalue weighted by Crippen LogP contribution is 2.44. The molecule has 5 atom stereocenters. The first-order valence-electron chi connectivity index (χ1n) is 10.2. The van der Waals surface area contributed by atoms with Gasteiger partial charge in [0.25, 0.3) is 0 Å². The minimum Gasteiger partial charge on any atom is -0.437 e. The summed E-state index contributed by atoms with van der Waals surface area (Å²) in [5, 5.41) is 2.39. The van der Waals surface area contributed by atoms with Crippen LogP contribution in [0, 0.1) is 0 Å². The number of ether oxygens (including phenoxy) is 1. The minimum absolute atomic E-state index is 0.0243. The SMILES string of the molecule is CCCC(CC)(CP)c1cc(C(F)(F)F)cc(-c2ccnc3c2C(C(F)P)OC(=O)N3)n1. The summed E-state index contributed by atoms with van der Waals surface area (Å²) in [4.78, 5) is 20.5. The topological polar surface area (TPSA) is 64.1 Å². The fourth-order valence-corrected chi connectivity index (χ4v) is 5.00. The number of nitrogens with one attached hydrogen (secondary N) is 1. The highest BCUT2D eigenvalue weighted by molar-refractivity contribution is 7.17. The summed E-state index contributed by atoms with van der Waals surface area (Å²) in [6.45, 7) is 3.90. The van der Waals surface area contributed by atoms with Gasteiger partial charge in [-0.2, -0.15) is 13.2 Å². The predicted molar refractivity (Wildman–Crippen MR) is 121 cm³/mol. The van der Waals surface area contributed by atoms with Gasteiger partial charge in [0.2, 0.25) is 0 Å². The third-order valence-electron chi connectivity index (χ3n) is 5.79. The molecular formula is C21H25F4N3O2P2. The maximum atomic E-state index is 14.3. The van der Waals surface area contributed by atoms with E-state index in [0.29, 0.717) is 24.7 Å². The Morgan fingerprint density at radius 2 is 2.00 bits per heavy atom. The maximum Gasteiger partial charge on any atom is 0.416 e. The lowest BCUT2D eigenvalue weighted by Gasteiger charge is -2.32. The van der Waals surface area contributed by atoms with E-state index in [1.807, 2.05) is 23.1 Å². The standard InChI is InChI=1S/C21H25F4N3O2P2/c1-3-6-20(4-2,10-31)14-9-11(21(23,24)25)8-13(27-14)12-5-7-26-18-15(12)16(17(22)32)30-19(29)28-18/h5,7-9,16-17H,3-4,6,10,31-32H2,1-2H3,(H,26,28,29). The number of anilines is 1. The molecule has 0 radical (unpaired) electrons. The van der Waals surface area contributed by atoms with E-state index in [1.165, 1.54) is 12.3 Å². The molecule has 0 aromatic carbocycles. The monoisotopic (exact) mass is 489 g/mol. The van der Waals surface area contributed by atoms with Crippen molar-refractivity contribution in [2.75, 3.05) is 11.5 Å². The van der Waals surface area contributed by atoms with Crippen LogP contribution in [0.4, 0.5) is 28.2 Å². The summed E-state index contributed by atoms with van der Waals surface area (Å²) >= 11 is 0. The van der Waals surface area contributed by atoms with Crippen LogP contribution in [0.15, 0.2) is 24.4 Å². The third-order valence-corrected chi connectivity index (χ3v) is 6.92. The number of amides is 1. The van der Waals surface area contributed by atoms with Gasteiger partial charge in [0, 0.05) is 28.4 Å². The molecule has 0 saturated carbocycles. The quantitative estimate of drug-likeness (QED) is 0.369. The van der Waals surface area contributed by atoms with Gasteiger partial charge in [-0.1, -0.05) is 29.5 Å². The van der Waals surface area contributed by atoms with Crippen molar-refractivity contribution < 1.29 is 27.1 Å². The van der Waals surface area contributed by atoms with E-state index in [-0.39, 0.29) is 22.6 Å². The second kappa shape index (κ2) is 9.56. The van der Waals surface area contributed by atoms with Gasteiger partial charge in [-0.05, 0) is 37.2 Å². The Hall–Kier alpha value is -1.85. The Balaban J connectivity index is 2.30. The van der Waals surface area contributed by atoms with E-state index in [4.69, 9.17) is 4.74 Å². The number of halogens is 4. The van der Waals surface area contributed by atoms with Crippen LogP contribution in [-0.4, -0.2) is 28.1 Å². The van der Waals surface area contributed by atoms with Crippen molar-refractivity contribution >= 4 is 30.4 Å². The Kier molecular flexibility index (Phi) is 7.41. The zero-order valence-electron chi connectivity index (χ0n) is 17.7. The molecule has 1 aliphatic heterocycles. The molecule has 1 N–H and O–H groups in total. The van der Waals surface area contributed by atoms with Gasteiger partial charge in [0.15, 0.2) is 12.0 Å². The molecular weight excluding hydrogens is 464 g/mol. The van der Waals surface area contributed by atoms with E-state index in [9.17, 15) is 22.4 Å². The van der Waals surface area contributed by atoms with E-state index in [2.05, 4.69) is 24.5 Å². The van der Waals surface area contributed by atoms with Gasteiger partial charge in [-0.15, -0.1) is 9.24 Å². The van der Waals surface area contributed by atoms with Crippen molar-refractivity contribution in [3.8, 4) is 11.3 Å². The Labute approximate surface area is 188 Å². The molecule has 32 heavy (non-hydrogen) atoms. The Bertz CT molecular complexity index is 997. The van der Waals surface area contributed by atoms with Gasteiger partial charge >= 0.3 is 12.3 Å². The number of pyridine rings is 2. The van der Waals surface area contributed by atoms with Crippen LogP contribution in [0.5, 0.6) is 0 Å². The zero-order chi connectivity index (χ0) is 23.7. The number of hydrogen-bond donors (Lipinski definition) is 1. The molecule has 0 aliphatic carbocycles. The van der Waals surface area contributed by atoms with Crippen molar-refractivity contribution in [2.45, 2.75) is 56.7 Å². The normalized spacial score (nSPS) is 18.9. The number of hydrogen-bond acceptors (Lipinski definition) is 4. The van der Waals surface area contributed by atoms with Crippen molar-refractivity contribution in [3.63, 3.8) is 0 Å². The van der Waals surface area contributed by atoms with Crippen molar-refractivity contribution in [1.82, 2.24) is 9.97 Å². The van der Waals surface area contributed by atoms with Crippen LogP contribution in [-0.2, 0) is 16.3 Å². The highest BCUT2D eigenvalue weighted by atomic mass is 31.0. The number of rotatable bonds is 7. The van der Waals surface area contributed by atoms with E-state index in [1.54, 1.807) is 0 Å². The lowest BCUT2D eigenvalue weighted by atomic mass is 9.78. The second-order valence-electron chi connectivity index (χ2n) is 7.73. The predicted octanol–water partition coefficient (Wildman–Crippen LogP) is 6.26. The molecule has 5 nitrogen and oxygen atoms in total.